The number of nitrogen functional groups attached to an aromatic ring is 1. The molecule has 0 spiro atoms. The van der Waals surface area contributed by atoms with Crippen LogP contribution < -0.4 is 11.2 Å². The summed E-state index contributed by atoms with van der Waals surface area (Å²) >= 11 is 2.32. The number of benzene rings is 2. The maximum atomic E-state index is 13.4. The lowest BCUT2D eigenvalue weighted by atomic mass is 10.1. The lowest BCUT2D eigenvalue weighted by Gasteiger charge is -2.04. The molecule has 0 aliphatic heterocycles. The monoisotopic (exact) mass is 458 g/mol. The first kappa shape index (κ1) is 20.9. The third-order valence-corrected chi connectivity index (χ3v) is 5.97. The Kier molecular flexibility index (Phi) is 5.96. The van der Waals surface area contributed by atoms with E-state index in [1.807, 2.05) is 31.2 Å². The Morgan fingerprint density at radius 3 is 2.61 bits per heavy atom. The van der Waals surface area contributed by atoms with Crippen molar-refractivity contribution >= 4 is 34.1 Å². The Morgan fingerprint density at radius 1 is 1.13 bits per heavy atom. The van der Waals surface area contributed by atoms with E-state index < -0.39 is 11.6 Å². The van der Waals surface area contributed by atoms with Crippen LogP contribution in [-0.4, -0.2) is 31.5 Å². The van der Waals surface area contributed by atoms with E-state index in [1.165, 1.54) is 22.1 Å². The largest absolute Gasteiger partial charge is 0.335 e. The van der Waals surface area contributed by atoms with Crippen molar-refractivity contribution in [2.75, 3.05) is 16.9 Å². The summed E-state index contributed by atoms with van der Waals surface area (Å²) in [6.45, 7) is 1.99. The van der Waals surface area contributed by atoms with Gasteiger partial charge >= 0.3 is 0 Å². The molecule has 0 radical (unpaired) electrons. The number of thioether (sulfide) groups is 1. The Hall–Kier alpha value is -3.31. The number of halogens is 2. The van der Waals surface area contributed by atoms with E-state index in [9.17, 15) is 13.6 Å². The first-order chi connectivity index (χ1) is 14.9. The molecule has 158 valence electrons. The summed E-state index contributed by atoms with van der Waals surface area (Å²) in [4.78, 5) is 16.5. The minimum atomic E-state index is -0.955. The number of hydrogen-bond acceptors (Lipinski definition) is 7. The van der Waals surface area contributed by atoms with Crippen molar-refractivity contribution < 1.29 is 13.6 Å². The zero-order chi connectivity index (χ0) is 22.0. The summed E-state index contributed by atoms with van der Waals surface area (Å²) in [6.07, 6.45) is 0. The second-order valence-electron chi connectivity index (χ2n) is 6.55. The number of amides is 1. The maximum absolute atomic E-state index is 13.4. The molecule has 3 N–H and O–H groups in total. The number of aromatic nitrogens is 4. The summed E-state index contributed by atoms with van der Waals surface area (Å²) in [7, 11) is 0. The number of anilines is 1. The third kappa shape index (κ3) is 4.72. The zero-order valence-electron chi connectivity index (χ0n) is 16.2. The van der Waals surface area contributed by atoms with Gasteiger partial charge in [-0.3, -0.25) is 4.79 Å². The smallest absolute Gasteiger partial charge is 0.236 e. The Morgan fingerprint density at radius 2 is 1.87 bits per heavy atom. The van der Waals surface area contributed by atoms with Crippen molar-refractivity contribution in [3.05, 3.63) is 65.0 Å². The van der Waals surface area contributed by atoms with Crippen LogP contribution in [0.25, 0.3) is 22.6 Å². The van der Waals surface area contributed by atoms with E-state index in [0.29, 0.717) is 27.4 Å². The zero-order valence-corrected chi connectivity index (χ0v) is 17.8. The molecule has 1 amide bonds. The van der Waals surface area contributed by atoms with Crippen molar-refractivity contribution in [2.24, 2.45) is 0 Å². The summed E-state index contributed by atoms with van der Waals surface area (Å²) in [5.74, 6) is 4.43. The van der Waals surface area contributed by atoms with E-state index in [-0.39, 0.29) is 11.7 Å². The summed E-state index contributed by atoms with van der Waals surface area (Å²) in [5, 5.41) is 13.2. The van der Waals surface area contributed by atoms with Crippen molar-refractivity contribution in [3.63, 3.8) is 0 Å². The molecule has 11 heteroatoms. The first-order valence-corrected chi connectivity index (χ1v) is 10.9. The van der Waals surface area contributed by atoms with Crippen molar-refractivity contribution in [1.82, 2.24) is 19.9 Å². The van der Waals surface area contributed by atoms with E-state index >= 15 is 0 Å². The molecule has 0 aliphatic rings. The van der Waals surface area contributed by atoms with E-state index in [1.54, 1.807) is 5.38 Å². The maximum Gasteiger partial charge on any atom is 0.236 e. The number of nitrogens with two attached hydrogens (primary N) is 1. The Labute approximate surface area is 184 Å². The topological polar surface area (TPSA) is 98.7 Å². The molecule has 7 nitrogen and oxygen atoms in total. The highest BCUT2D eigenvalue weighted by atomic mass is 32.2. The summed E-state index contributed by atoms with van der Waals surface area (Å²) in [6, 6.07) is 11.2. The van der Waals surface area contributed by atoms with Gasteiger partial charge in [0.05, 0.1) is 11.4 Å². The van der Waals surface area contributed by atoms with Gasteiger partial charge in [-0.15, -0.1) is 21.5 Å². The predicted molar refractivity (Wildman–Crippen MR) is 117 cm³/mol. The average molecular weight is 459 g/mol. The van der Waals surface area contributed by atoms with Crippen LogP contribution in [0.5, 0.6) is 0 Å². The standard InChI is InChI=1S/C20H16F2N6OS2/c1-11-2-4-12(5-3-11)18-26-27-20(28(18)23)31-10-17(29)25-19-24-16(9-30-19)13-6-7-14(21)15(22)8-13/h2-9H,10,23H2,1H3,(H,24,25,29). The van der Waals surface area contributed by atoms with Crippen LogP contribution in [0.15, 0.2) is 53.0 Å². The van der Waals surface area contributed by atoms with Crippen LogP contribution in [0.2, 0.25) is 0 Å². The minimum Gasteiger partial charge on any atom is -0.335 e. The van der Waals surface area contributed by atoms with Gasteiger partial charge in [0.1, 0.15) is 0 Å². The summed E-state index contributed by atoms with van der Waals surface area (Å²) < 4.78 is 27.8. The number of nitrogens with zero attached hydrogens (tertiary/aromatic N) is 4. The number of hydrogen-bond donors (Lipinski definition) is 2. The lowest BCUT2D eigenvalue weighted by molar-refractivity contribution is -0.113. The molecule has 0 bridgehead atoms. The van der Waals surface area contributed by atoms with Crippen LogP contribution in [0, 0.1) is 18.6 Å². The predicted octanol–water partition coefficient (Wildman–Crippen LogP) is 4.10. The molecular formula is C20H16F2N6OS2. The lowest BCUT2D eigenvalue weighted by Crippen LogP contribution is -2.16. The van der Waals surface area contributed by atoms with Crippen LogP contribution >= 0.6 is 23.1 Å². The van der Waals surface area contributed by atoms with Crippen LogP contribution in [0.3, 0.4) is 0 Å². The highest BCUT2D eigenvalue weighted by Crippen LogP contribution is 2.27. The second kappa shape index (κ2) is 8.82. The molecule has 4 rings (SSSR count). The third-order valence-electron chi connectivity index (χ3n) is 4.27. The fraction of sp³-hybridized carbons (Fsp3) is 0.100. The van der Waals surface area contributed by atoms with Gasteiger partial charge in [-0.05, 0) is 25.1 Å². The van der Waals surface area contributed by atoms with Gasteiger partial charge in [-0.2, -0.15) is 0 Å². The van der Waals surface area contributed by atoms with Gasteiger partial charge in [0.15, 0.2) is 22.6 Å². The fourth-order valence-corrected chi connectivity index (χ4v) is 4.07. The van der Waals surface area contributed by atoms with Gasteiger partial charge in [0.25, 0.3) is 0 Å². The van der Waals surface area contributed by atoms with E-state index in [2.05, 4.69) is 20.5 Å². The first-order valence-electron chi connectivity index (χ1n) is 9.02. The molecule has 0 unspecified atom stereocenters. The van der Waals surface area contributed by atoms with E-state index in [0.717, 1.165) is 35.0 Å². The molecule has 0 saturated heterocycles. The Balaban J connectivity index is 1.37. The van der Waals surface area contributed by atoms with Gasteiger partial charge < -0.3 is 11.2 Å². The van der Waals surface area contributed by atoms with Gasteiger partial charge in [-0.25, -0.2) is 18.4 Å². The molecule has 0 saturated carbocycles. The molecule has 2 aromatic carbocycles. The molecule has 0 atom stereocenters. The molecule has 0 aliphatic carbocycles. The number of rotatable bonds is 6. The highest BCUT2D eigenvalue weighted by Gasteiger charge is 2.15. The van der Waals surface area contributed by atoms with Crippen LogP contribution in [-0.2, 0) is 4.79 Å². The number of thiazole rings is 1. The van der Waals surface area contributed by atoms with Gasteiger partial charge in [-0.1, -0.05) is 41.6 Å². The van der Waals surface area contributed by atoms with Crippen molar-refractivity contribution in [2.45, 2.75) is 12.1 Å². The SMILES string of the molecule is Cc1ccc(-c2nnc(SCC(=O)Nc3nc(-c4ccc(F)c(F)c4)cs3)n2N)cc1. The van der Waals surface area contributed by atoms with Gasteiger partial charge in [0.2, 0.25) is 11.1 Å². The van der Waals surface area contributed by atoms with Crippen molar-refractivity contribution in [3.8, 4) is 22.6 Å². The van der Waals surface area contributed by atoms with Crippen LogP contribution in [0.1, 0.15) is 5.56 Å². The average Bonchev–Trinajstić information content (AvgIpc) is 3.36. The highest BCUT2D eigenvalue weighted by molar-refractivity contribution is 7.99. The molecule has 2 heterocycles. The Bertz CT molecular complexity index is 1240. The number of nitrogens with one attached hydrogen (secondary N) is 1. The van der Waals surface area contributed by atoms with Crippen LogP contribution in [0.4, 0.5) is 13.9 Å². The van der Waals surface area contributed by atoms with E-state index in [4.69, 9.17) is 5.84 Å². The molecular weight excluding hydrogens is 442 g/mol. The fourth-order valence-electron chi connectivity index (χ4n) is 2.68. The summed E-state index contributed by atoms with van der Waals surface area (Å²) in [5.41, 5.74) is 2.80. The minimum absolute atomic E-state index is 0.0450. The molecule has 0 fully saturated rings. The van der Waals surface area contributed by atoms with Gasteiger partial charge in [0, 0.05) is 16.5 Å². The normalized spacial score (nSPS) is 10.9. The van der Waals surface area contributed by atoms with Crippen molar-refractivity contribution in [1.29, 1.82) is 0 Å². The number of carbonyl (C=O) groups is 1. The molecule has 4 aromatic rings. The number of carbonyl (C=O) groups excluding carboxylic acids is 1. The quantitative estimate of drug-likeness (QED) is 0.333. The molecule has 31 heavy (non-hydrogen) atoms. The molecule has 2 aromatic heterocycles. The second-order valence-corrected chi connectivity index (χ2v) is 8.35. The number of aryl methyl sites for hydroxylation is 1.